The van der Waals surface area contributed by atoms with Crippen LogP contribution in [0.1, 0.15) is 59.5 Å². The number of aliphatic carboxylic acids is 1. The summed E-state index contributed by atoms with van der Waals surface area (Å²) in [6, 6.07) is 8.60. The lowest BCUT2D eigenvalue weighted by Crippen LogP contribution is -2.31. The second kappa shape index (κ2) is 7.29. The second-order valence-corrected chi connectivity index (χ2v) is 6.21. The van der Waals surface area contributed by atoms with Crippen molar-refractivity contribution in [3.05, 3.63) is 52.8 Å². The van der Waals surface area contributed by atoms with Crippen LogP contribution in [0.5, 0.6) is 0 Å². The summed E-state index contributed by atoms with van der Waals surface area (Å²) < 4.78 is 1.68. The molecule has 2 rings (SSSR count). The summed E-state index contributed by atoms with van der Waals surface area (Å²) in [6.45, 7) is 5.95. The number of nitrogens with zero attached hydrogens (tertiary/aromatic N) is 2. The number of amides is 1. The van der Waals surface area contributed by atoms with E-state index in [4.69, 9.17) is 5.11 Å². The van der Waals surface area contributed by atoms with Gasteiger partial charge in [-0.15, -0.1) is 0 Å². The molecule has 6 heteroatoms. The molecular weight excluding hydrogens is 306 g/mol. The van der Waals surface area contributed by atoms with Gasteiger partial charge in [-0.3, -0.25) is 14.3 Å². The molecule has 0 aliphatic rings. The molecule has 6 nitrogen and oxygen atoms in total. The lowest BCUT2D eigenvalue weighted by Gasteiger charge is -2.18. The number of carbonyl (C=O) groups excluding carboxylic acids is 1. The van der Waals surface area contributed by atoms with Crippen LogP contribution in [0.4, 0.5) is 0 Å². The van der Waals surface area contributed by atoms with Gasteiger partial charge in [0, 0.05) is 12.7 Å². The molecule has 2 N–H and O–H groups in total. The fourth-order valence-electron chi connectivity index (χ4n) is 2.76. The summed E-state index contributed by atoms with van der Waals surface area (Å²) in [5, 5.41) is 16.2. The Morgan fingerprint density at radius 1 is 1.29 bits per heavy atom. The van der Waals surface area contributed by atoms with Crippen molar-refractivity contribution < 1.29 is 14.7 Å². The fourth-order valence-corrected chi connectivity index (χ4v) is 2.76. The Hall–Kier alpha value is -2.63. The number of carbonyl (C=O) groups is 2. The molecule has 2 aromatic rings. The molecule has 0 spiro atoms. The molecule has 1 aromatic carbocycles. The Morgan fingerprint density at radius 2 is 1.96 bits per heavy atom. The van der Waals surface area contributed by atoms with Gasteiger partial charge in [0.1, 0.15) is 5.69 Å². The average Bonchev–Trinajstić information content (AvgIpc) is 2.89. The van der Waals surface area contributed by atoms with Gasteiger partial charge < -0.3 is 10.4 Å². The zero-order valence-corrected chi connectivity index (χ0v) is 14.4. The van der Waals surface area contributed by atoms with Gasteiger partial charge in [0.05, 0.1) is 12.5 Å². The summed E-state index contributed by atoms with van der Waals surface area (Å²) in [5.41, 5.74) is 2.98. The Balaban J connectivity index is 2.26. The van der Waals surface area contributed by atoms with Gasteiger partial charge in [-0.25, -0.2) is 0 Å². The van der Waals surface area contributed by atoms with E-state index in [-0.39, 0.29) is 18.2 Å². The number of carboxylic acids is 1. The third kappa shape index (κ3) is 4.01. The highest BCUT2D eigenvalue weighted by molar-refractivity contribution is 5.93. The minimum absolute atomic E-state index is 0.180. The first-order chi connectivity index (χ1) is 11.3. The lowest BCUT2D eigenvalue weighted by atomic mass is 9.98. The quantitative estimate of drug-likeness (QED) is 0.853. The van der Waals surface area contributed by atoms with Gasteiger partial charge >= 0.3 is 5.97 Å². The number of nitrogens with one attached hydrogen (secondary N) is 1. The SMILES string of the molecule is Cc1ccccc1[C@H](CC(=O)O)NC(=O)c1cc(C(C)C)n(C)n1. The van der Waals surface area contributed by atoms with Crippen molar-refractivity contribution in [3.8, 4) is 0 Å². The van der Waals surface area contributed by atoms with Crippen molar-refractivity contribution in [3.63, 3.8) is 0 Å². The molecule has 0 radical (unpaired) electrons. The smallest absolute Gasteiger partial charge is 0.305 e. The molecule has 0 saturated carbocycles. The van der Waals surface area contributed by atoms with Crippen LogP contribution in [-0.4, -0.2) is 26.8 Å². The molecule has 0 aliphatic heterocycles. The minimum Gasteiger partial charge on any atom is -0.481 e. The van der Waals surface area contributed by atoms with Crippen LogP contribution in [0.3, 0.4) is 0 Å². The first-order valence-corrected chi connectivity index (χ1v) is 7.91. The molecule has 24 heavy (non-hydrogen) atoms. The van der Waals surface area contributed by atoms with Crippen LogP contribution < -0.4 is 5.32 Å². The van der Waals surface area contributed by atoms with Crippen LogP contribution in [0.25, 0.3) is 0 Å². The molecule has 1 heterocycles. The maximum Gasteiger partial charge on any atom is 0.305 e. The number of rotatable bonds is 6. The molecule has 0 bridgehead atoms. The third-order valence-corrected chi connectivity index (χ3v) is 3.99. The summed E-state index contributed by atoms with van der Waals surface area (Å²) in [5.74, 6) is -1.09. The molecule has 1 aromatic heterocycles. The van der Waals surface area contributed by atoms with Crippen LogP contribution in [-0.2, 0) is 11.8 Å². The number of carboxylic acid groups (broad SMARTS) is 1. The maximum atomic E-state index is 12.5. The van der Waals surface area contributed by atoms with E-state index in [2.05, 4.69) is 10.4 Å². The standard InChI is InChI=1S/C18H23N3O3/c1-11(2)16-9-15(20-21(16)4)18(24)19-14(10-17(22)23)13-8-6-5-7-12(13)3/h5-9,11,14H,10H2,1-4H3,(H,19,24)(H,22,23)/t14-/m0/s1. The van der Waals surface area contributed by atoms with Crippen LogP contribution in [0.15, 0.2) is 30.3 Å². The molecule has 0 saturated heterocycles. The Bertz CT molecular complexity index is 750. The van der Waals surface area contributed by atoms with E-state index in [9.17, 15) is 9.59 Å². The molecule has 1 atom stereocenters. The summed E-state index contributed by atoms with van der Waals surface area (Å²) >= 11 is 0. The van der Waals surface area contributed by atoms with E-state index in [0.29, 0.717) is 5.69 Å². The predicted molar refractivity (Wildman–Crippen MR) is 90.9 cm³/mol. The average molecular weight is 329 g/mol. The Kier molecular flexibility index (Phi) is 5.39. The molecular formula is C18H23N3O3. The lowest BCUT2D eigenvalue weighted by molar-refractivity contribution is -0.137. The zero-order valence-electron chi connectivity index (χ0n) is 14.4. The van der Waals surface area contributed by atoms with Crippen molar-refractivity contribution in [1.82, 2.24) is 15.1 Å². The van der Waals surface area contributed by atoms with Gasteiger partial charge in [-0.1, -0.05) is 38.1 Å². The van der Waals surface area contributed by atoms with Gasteiger partial charge in [0.25, 0.3) is 5.91 Å². The molecule has 0 unspecified atom stereocenters. The van der Waals surface area contributed by atoms with Crippen LogP contribution >= 0.6 is 0 Å². The Morgan fingerprint density at radius 3 is 2.50 bits per heavy atom. The van der Waals surface area contributed by atoms with Crippen molar-refractivity contribution in [2.75, 3.05) is 0 Å². The fraction of sp³-hybridized carbons (Fsp3) is 0.389. The topological polar surface area (TPSA) is 84.2 Å². The van der Waals surface area contributed by atoms with Crippen molar-refractivity contribution in [2.24, 2.45) is 7.05 Å². The van der Waals surface area contributed by atoms with E-state index >= 15 is 0 Å². The Labute approximate surface area is 141 Å². The molecule has 128 valence electrons. The maximum absolute atomic E-state index is 12.5. The van der Waals surface area contributed by atoms with Crippen LogP contribution in [0.2, 0.25) is 0 Å². The number of aryl methyl sites for hydroxylation is 2. The van der Waals surface area contributed by atoms with Gasteiger partial charge in [0.2, 0.25) is 0 Å². The zero-order chi connectivity index (χ0) is 17.9. The summed E-state index contributed by atoms with van der Waals surface area (Å²) in [7, 11) is 1.79. The van der Waals surface area contributed by atoms with E-state index in [1.807, 2.05) is 45.0 Å². The number of benzene rings is 1. The molecule has 0 aliphatic carbocycles. The van der Waals surface area contributed by atoms with Crippen molar-refractivity contribution >= 4 is 11.9 Å². The number of aromatic nitrogens is 2. The first kappa shape index (κ1) is 17.7. The van der Waals surface area contributed by atoms with E-state index < -0.39 is 12.0 Å². The highest BCUT2D eigenvalue weighted by Gasteiger charge is 2.22. The highest BCUT2D eigenvalue weighted by Crippen LogP contribution is 2.22. The van der Waals surface area contributed by atoms with E-state index in [0.717, 1.165) is 16.8 Å². The second-order valence-electron chi connectivity index (χ2n) is 6.21. The molecule has 1 amide bonds. The van der Waals surface area contributed by atoms with Gasteiger partial charge in [-0.2, -0.15) is 5.10 Å². The van der Waals surface area contributed by atoms with E-state index in [1.165, 1.54) is 0 Å². The van der Waals surface area contributed by atoms with Gasteiger partial charge in [-0.05, 0) is 30.0 Å². The minimum atomic E-state index is -0.965. The van der Waals surface area contributed by atoms with Crippen molar-refractivity contribution in [2.45, 2.75) is 39.2 Å². The first-order valence-electron chi connectivity index (χ1n) is 7.91. The van der Waals surface area contributed by atoms with Gasteiger partial charge in [0.15, 0.2) is 0 Å². The predicted octanol–water partition coefficient (Wildman–Crippen LogP) is 2.80. The monoisotopic (exact) mass is 329 g/mol. The van der Waals surface area contributed by atoms with Crippen LogP contribution in [0, 0.1) is 6.92 Å². The number of hydrogen-bond donors (Lipinski definition) is 2. The van der Waals surface area contributed by atoms with E-state index in [1.54, 1.807) is 17.8 Å². The third-order valence-electron chi connectivity index (χ3n) is 3.99. The van der Waals surface area contributed by atoms with Crippen molar-refractivity contribution in [1.29, 1.82) is 0 Å². The largest absolute Gasteiger partial charge is 0.481 e. The molecule has 0 fully saturated rings. The number of hydrogen-bond acceptors (Lipinski definition) is 3. The summed E-state index contributed by atoms with van der Waals surface area (Å²) in [4.78, 5) is 23.7. The summed E-state index contributed by atoms with van der Waals surface area (Å²) in [6.07, 6.45) is -0.180. The highest BCUT2D eigenvalue weighted by atomic mass is 16.4. The normalized spacial score (nSPS) is 12.2.